The first-order chi connectivity index (χ1) is 8.16. The lowest BCUT2D eigenvalue weighted by molar-refractivity contribution is 0.00509. The van der Waals surface area contributed by atoms with Gasteiger partial charge in [0.25, 0.3) is 0 Å². The second kappa shape index (κ2) is 5.94. The van der Waals surface area contributed by atoms with Gasteiger partial charge < -0.3 is 5.32 Å². The van der Waals surface area contributed by atoms with Crippen molar-refractivity contribution < 1.29 is 8.78 Å². The Morgan fingerprint density at radius 3 is 2.88 bits per heavy atom. The van der Waals surface area contributed by atoms with Crippen LogP contribution in [0, 0.1) is 5.92 Å². The summed E-state index contributed by atoms with van der Waals surface area (Å²) in [6.07, 6.45) is 9.43. The van der Waals surface area contributed by atoms with Gasteiger partial charge in [-0.3, -0.25) is 0 Å². The highest BCUT2D eigenvalue weighted by atomic mass is 19.3. The maximum absolute atomic E-state index is 13.0. The van der Waals surface area contributed by atoms with Crippen LogP contribution in [0.3, 0.4) is 0 Å². The molecule has 1 N–H and O–H groups in total. The van der Waals surface area contributed by atoms with E-state index in [4.69, 9.17) is 0 Å². The average molecular weight is 243 g/mol. The minimum atomic E-state index is -2.39. The number of rotatable bonds is 5. The molecular weight excluding hydrogens is 220 g/mol. The SMILES string of the molecule is FC1(F)CCC(CNCCC2=CCCCC2)C1. The van der Waals surface area contributed by atoms with Crippen molar-refractivity contribution >= 4 is 0 Å². The molecule has 0 spiro atoms. The maximum atomic E-state index is 13.0. The standard InChI is InChI=1S/C14H23F2N/c15-14(16)8-6-13(10-14)11-17-9-7-12-4-2-1-3-5-12/h4,13,17H,1-3,5-11H2. The first-order valence-corrected chi connectivity index (χ1v) is 6.92. The van der Waals surface area contributed by atoms with Crippen LogP contribution in [0.15, 0.2) is 11.6 Å². The van der Waals surface area contributed by atoms with Crippen LogP contribution >= 0.6 is 0 Å². The van der Waals surface area contributed by atoms with Gasteiger partial charge in [-0.05, 0) is 57.5 Å². The fourth-order valence-corrected chi connectivity index (χ4v) is 2.90. The number of allylic oxidation sites excluding steroid dienone is 1. The molecule has 2 rings (SSSR count). The molecular formula is C14H23F2N. The smallest absolute Gasteiger partial charge is 0.248 e. The van der Waals surface area contributed by atoms with Gasteiger partial charge in [0.05, 0.1) is 0 Å². The van der Waals surface area contributed by atoms with Gasteiger partial charge in [-0.1, -0.05) is 11.6 Å². The Labute approximate surface area is 103 Å². The zero-order valence-corrected chi connectivity index (χ0v) is 10.5. The van der Waals surface area contributed by atoms with Crippen molar-refractivity contribution in [3.8, 4) is 0 Å². The molecule has 1 nitrogen and oxygen atoms in total. The van der Waals surface area contributed by atoms with Gasteiger partial charge in [-0.25, -0.2) is 8.78 Å². The molecule has 0 aromatic rings. The number of nitrogens with one attached hydrogen (secondary N) is 1. The van der Waals surface area contributed by atoms with Gasteiger partial charge in [0.1, 0.15) is 0 Å². The van der Waals surface area contributed by atoms with E-state index in [-0.39, 0.29) is 18.8 Å². The van der Waals surface area contributed by atoms with E-state index in [1.807, 2.05) is 0 Å². The predicted octanol–water partition coefficient (Wildman–Crippen LogP) is 3.90. The van der Waals surface area contributed by atoms with Crippen LogP contribution in [0.25, 0.3) is 0 Å². The quantitative estimate of drug-likeness (QED) is 0.570. The Morgan fingerprint density at radius 1 is 1.35 bits per heavy atom. The zero-order valence-electron chi connectivity index (χ0n) is 10.5. The first-order valence-electron chi connectivity index (χ1n) is 6.92. The molecule has 0 aliphatic heterocycles. The molecule has 1 fully saturated rings. The van der Waals surface area contributed by atoms with Crippen molar-refractivity contribution in [1.29, 1.82) is 0 Å². The van der Waals surface area contributed by atoms with Gasteiger partial charge in [0.15, 0.2) is 0 Å². The molecule has 98 valence electrons. The number of alkyl halides is 2. The summed E-state index contributed by atoms with van der Waals surface area (Å²) < 4.78 is 25.9. The molecule has 2 aliphatic rings. The van der Waals surface area contributed by atoms with E-state index < -0.39 is 5.92 Å². The van der Waals surface area contributed by atoms with E-state index in [0.717, 1.165) is 19.5 Å². The Bertz CT molecular complexity index is 273. The van der Waals surface area contributed by atoms with Crippen molar-refractivity contribution in [2.75, 3.05) is 13.1 Å². The van der Waals surface area contributed by atoms with Crippen molar-refractivity contribution in [3.05, 3.63) is 11.6 Å². The molecule has 2 aliphatic carbocycles. The van der Waals surface area contributed by atoms with Crippen molar-refractivity contribution in [3.63, 3.8) is 0 Å². The average Bonchev–Trinajstić information content (AvgIpc) is 2.66. The summed E-state index contributed by atoms with van der Waals surface area (Å²) in [7, 11) is 0. The normalized spacial score (nSPS) is 28.1. The van der Waals surface area contributed by atoms with Gasteiger partial charge in [-0.2, -0.15) is 0 Å². The Morgan fingerprint density at radius 2 is 2.24 bits per heavy atom. The largest absolute Gasteiger partial charge is 0.316 e. The van der Waals surface area contributed by atoms with Crippen molar-refractivity contribution in [1.82, 2.24) is 5.32 Å². The summed E-state index contributed by atoms with van der Waals surface area (Å²) in [4.78, 5) is 0. The van der Waals surface area contributed by atoms with Crippen molar-refractivity contribution in [2.24, 2.45) is 5.92 Å². The lowest BCUT2D eigenvalue weighted by Crippen LogP contribution is -2.24. The third-order valence-electron chi connectivity index (χ3n) is 3.95. The number of hydrogen-bond donors (Lipinski definition) is 1. The van der Waals surface area contributed by atoms with Gasteiger partial charge in [0.2, 0.25) is 5.92 Å². The second-order valence-electron chi connectivity index (χ2n) is 5.53. The highest BCUT2D eigenvalue weighted by Gasteiger charge is 2.38. The van der Waals surface area contributed by atoms with E-state index in [2.05, 4.69) is 11.4 Å². The molecule has 0 radical (unpaired) electrons. The van der Waals surface area contributed by atoms with E-state index in [0.29, 0.717) is 6.42 Å². The van der Waals surface area contributed by atoms with Crippen LogP contribution in [0.4, 0.5) is 8.78 Å². The molecule has 0 bridgehead atoms. The zero-order chi connectivity index (χ0) is 12.1. The van der Waals surface area contributed by atoms with E-state index in [1.54, 1.807) is 5.57 Å². The molecule has 3 heteroatoms. The van der Waals surface area contributed by atoms with Crippen LogP contribution in [0.1, 0.15) is 51.4 Å². The molecule has 1 unspecified atom stereocenters. The number of halogens is 2. The van der Waals surface area contributed by atoms with Crippen LogP contribution in [-0.2, 0) is 0 Å². The van der Waals surface area contributed by atoms with E-state index in [9.17, 15) is 8.78 Å². The Balaban J connectivity index is 1.56. The monoisotopic (exact) mass is 243 g/mol. The summed E-state index contributed by atoms with van der Waals surface area (Å²) in [6, 6.07) is 0. The highest BCUT2D eigenvalue weighted by Crippen LogP contribution is 2.38. The summed E-state index contributed by atoms with van der Waals surface area (Å²) in [5.41, 5.74) is 1.56. The minimum Gasteiger partial charge on any atom is -0.316 e. The summed E-state index contributed by atoms with van der Waals surface area (Å²) in [5, 5.41) is 3.34. The predicted molar refractivity (Wildman–Crippen MR) is 66.3 cm³/mol. The maximum Gasteiger partial charge on any atom is 0.248 e. The van der Waals surface area contributed by atoms with Gasteiger partial charge in [-0.15, -0.1) is 0 Å². The lowest BCUT2D eigenvalue weighted by atomic mass is 9.97. The molecule has 0 saturated heterocycles. The molecule has 0 aromatic heterocycles. The fourth-order valence-electron chi connectivity index (χ4n) is 2.90. The highest BCUT2D eigenvalue weighted by molar-refractivity contribution is 5.05. The summed E-state index contributed by atoms with van der Waals surface area (Å²) in [5.74, 6) is -2.21. The minimum absolute atomic E-state index is 0.0860. The summed E-state index contributed by atoms with van der Waals surface area (Å²) in [6.45, 7) is 1.72. The Hall–Kier alpha value is -0.440. The number of hydrogen-bond acceptors (Lipinski definition) is 1. The van der Waals surface area contributed by atoms with Gasteiger partial charge >= 0.3 is 0 Å². The molecule has 1 atom stereocenters. The van der Waals surface area contributed by atoms with Crippen molar-refractivity contribution in [2.45, 2.75) is 57.3 Å². The van der Waals surface area contributed by atoms with E-state index in [1.165, 1.54) is 25.7 Å². The third-order valence-corrected chi connectivity index (χ3v) is 3.95. The van der Waals surface area contributed by atoms with Crippen LogP contribution in [0.2, 0.25) is 0 Å². The molecule has 17 heavy (non-hydrogen) atoms. The fraction of sp³-hybridized carbons (Fsp3) is 0.857. The lowest BCUT2D eigenvalue weighted by Gasteiger charge is -2.14. The molecule has 0 aromatic carbocycles. The summed E-state index contributed by atoms with van der Waals surface area (Å²) >= 11 is 0. The van der Waals surface area contributed by atoms with E-state index >= 15 is 0 Å². The van der Waals surface area contributed by atoms with Crippen LogP contribution < -0.4 is 5.32 Å². The second-order valence-corrected chi connectivity index (χ2v) is 5.53. The molecule has 0 heterocycles. The van der Waals surface area contributed by atoms with Gasteiger partial charge in [0, 0.05) is 12.8 Å². The Kier molecular flexibility index (Phi) is 4.55. The molecule has 1 saturated carbocycles. The van der Waals surface area contributed by atoms with Crippen LogP contribution in [-0.4, -0.2) is 19.0 Å². The molecule has 0 amide bonds. The third kappa shape index (κ3) is 4.38. The first kappa shape index (κ1) is 13.0. The topological polar surface area (TPSA) is 12.0 Å². The van der Waals surface area contributed by atoms with Crippen LogP contribution in [0.5, 0.6) is 0 Å².